The number of hydrogen-bond donors (Lipinski definition) is 1. The van der Waals surface area contributed by atoms with Crippen LogP contribution in [0, 0.1) is 6.92 Å². The van der Waals surface area contributed by atoms with Crippen molar-refractivity contribution >= 4 is 22.4 Å². The van der Waals surface area contributed by atoms with Crippen LogP contribution >= 0.6 is 0 Å². The number of ether oxygens (including phenoxy) is 3. The molecule has 2 heterocycles. The lowest BCUT2D eigenvalue weighted by atomic mass is 10.1. The number of anilines is 2. The van der Waals surface area contributed by atoms with E-state index in [-0.39, 0.29) is 0 Å². The highest BCUT2D eigenvalue weighted by molar-refractivity contribution is 5.93. The number of pyridine rings is 1. The Morgan fingerprint density at radius 1 is 0.933 bits per heavy atom. The molecule has 0 spiro atoms. The van der Waals surface area contributed by atoms with Crippen LogP contribution in [-0.4, -0.2) is 29.2 Å². The third kappa shape index (κ3) is 4.10. The van der Waals surface area contributed by atoms with Crippen LogP contribution in [0.15, 0.2) is 61.2 Å². The summed E-state index contributed by atoms with van der Waals surface area (Å²) < 4.78 is 16.7. The van der Waals surface area contributed by atoms with E-state index in [0.29, 0.717) is 23.9 Å². The van der Waals surface area contributed by atoms with Gasteiger partial charge in [0.2, 0.25) is 0 Å². The molecule has 0 saturated heterocycles. The Morgan fingerprint density at radius 2 is 1.77 bits per heavy atom. The smallest absolute Gasteiger partial charge is 0.162 e. The first-order valence-electron chi connectivity index (χ1n) is 9.44. The van der Waals surface area contributed by atoms with Crippen molar-refractivity contribution in [3.05, 3.63) is 72.3 Å². The first-order valence-corrected chi connectivity index (χ1v) is 9.44. The maximum absolute atomic E-state index is 5.93. The summed E-state index contributed by atoms with van der Waals surface area (Å²) in [6.45, 7) is 2.48. The summed E-state index contributed by atoms with van der Waals surface area (Å²) in [5.74, 6) is 2.76. The summed E-state index contributed by atoms with van der Waals surface area (Å²) in [5.41, 5.74) is 3.70. The Kier molecular flexibility index (Phi) is 5.61. The molecule has 0 saturated carbocycles. The van der Waals surface area contributed by atoms with Gasteiger partial charge in [0.05, 0.1) is 19.7 Å². The second-order valence-corrected chi connectivity index (χ2v) is 6.70. The molecule has 30 heavy (non-hydrogen) atoms. The molecule has 2 aromatic heterocycles. The molecule has 0 amide bonds. The van der Waals surface area contributed by atoms with Gasteiger partial charge in [-0.25, -0.2) is 9.97 Å². The van der Waals surface area contributed by atoms with Crippen molar-refractivity contribution in [3.8, 4) is 17.2 Å². The first-order chi connectivity index (χ1) is 14.7. The van der Waals surface area contributed by atoms with Gasteiger partial charge in [-0.2, -0.15) is 0 Å². The molecule has 7 nitrogen and oxygen atoms in total. The lowest BCUT2D eigenvalue weighted by Gasteiger charge is -2.14. The fraction of sp³-hybridized carbons (Fsp3) is 0.174. The molecule has 4 rings (SSSR count). The zero-order valence-corrected chi connectivity index (χ0v) is 17.0. The monoisotopic (exact) mass is 402 g/mol. The molecular weight excluding hydrogens is 380 g/mol. The van der Waals surface area contributed by atoms with Crippen molar-refractivity contribution in [2.24, 2.45) is 0 Å². The van der Waals surface area contributed by atoms with Crippen LogP contribution in [0.1, 0.15) is 11.1 Å². The van der Waals surface area contributed by atoms with E-state index in [4.69, 9.17) is 14.2 Å². The fourth-order valence-electron chi connectivity index (χ4n) is 3.15. The van der Waals surface area contributed by atoms with Gasteiger partial charge in [-0.15, -0.1) is 0 Å². The Morgan fingerprint density at radius 3 is 2.50 bits per heavy atom. The van der Waals surface area contributed by atoms with E-state index in [0.717, 1.165) is 33.5 Å². The van der Waals surface area contributed by atoms with E-state index in [2.05, 4.69) is 20.3 Å². The van der Waals surface area contributed by atoms with E-state index >= 15 is 0 Å². The maximum Gasteiger partial charge on any atom is 0.162 e. The number of fused-ring (bicyclic) bond motifs is 1. The Labute approximate surface area is 174 Å². The quantitative estimate of drug-likeness (QED) is 0.481. The van der Waals surface area contributed by atoms with Crippen LogP contribution in [0.4, 0.5) is 11.5 Å². The minimum atomic E-state index is 0.472. The van der Waals surface area contributed by atoms with Crippen molar-refractivity contribution < 1.29 is 14.2 Å². The Bertz CT molecular complexity index is 1170. The number of nitrogens with one attached hydrogen (secondary N) is 1. The number of rotatable bonds is 7. The number of hydrogen-bond acceptors (Lipinski definition) is 7. The summed E-state index contributed by atoms with van der Waals surface area (Å²) in [6.07, 6.45) is 5.07. The largest absolute Gasteiger partial charge is 0.493 e. The van der Waals surface area contributed by atoms with Crippen LogP contribution in [-0.2, 0) is 6.61 Å². The summed E-state index contributed by atoms with van der Waals surface area (Å²) in [5, 5.41) is 4.20. The van der Waals surface area contributed by atoms with Gasteiger partial charge in [0.15, 0.2) is 11.5 Å². The molecule has 7 heteroatoms. The molecule has 0 aliphatic heterocycles. The third-order valence-corrected chi connectivity index (χ3v) is 4.70. The molecule has 0 unspecified atom stereocenters. The second kappa shape index (κ2) is 8.65. The number of aryl methyl sites for hydroxylation is 1. The lowest BCUT2D eigenvalue weighted by Crippen LogP contribution is -2.00. The Balaban J connectivity index is 1.57. The highest BCUT2D eigenvalue weighted by Crippen LogP contribution is 2.34. The third-order valence-electron chi connectivity index (χ3n) is 4.70. The van der Waals surface area contributed by atoms with E-state index in [9.17, 15) is 0 Å². The molecular formula is C23H22N4O3. The van der Waals surface area contributed by atoms with E-state index in [1.807, 2.05) is 49.4 Å². The summed E-state index contributed by atoms with van der Waals surface area (Å²) in [6, 6.07) is 13.5. The predicted octanol–water partition coefficient (Wildman–Crippen LogP) is 4.67. The summed E-state index contributed by atoms with van der Waals surface area (Å²) in [4.78, 5) is 12.9. The minimum Gasteiger partial charge on any atom is -0.493 e. The van der Waals surface area contributed by atoms with Gasteiger partial charge >= 0.3 is 0 Å². The normalized spacial score (nSPS) is 10.6. The zero-order chi connectivity index (χ0) is 20.9. The van der Waals surface area contributed by atoms with Crippen molar-refractivity contribution in [3.63, 3.8) is 0 Å². The topological polar surface area (TPSA) is 78.4 Å². The number of benzene rings is 2. The predicted molar refractivity (Wildman–Crippen MR) is 116 cm³/mol. The van der Waals surface area contributed by atoms with Gasteiger partial charge in [-0.3, -0.25) is 4.98 Å². The van der Waals surface area contributed by atoms with Crippen LogP contribution in [0.25, 0.3) is 10.9 Å². The van der Waals surface area contributed by atoms with E-state index in [1.165, 1.54) is 6.33 Å². The van der Waals surface area contributed by atoms with Crippen molar-refractivity contribution in [2.45, 2.75) is 13.5 Å². The molecule has 4 aromatic rings. The van der Waals surface area contributed by atoms with Gasteiger partial charge in [-0.1, -0.05) is 6.07 Å². The Hall–Kier alpha value is -3.87. The highest BCUT2D eigenvalue weighted by Gasteiger charge is 2.11. The maximum atomic E-state index is 5.93. The summed E-state index contributed by atoms with van der Waals surface area (Å²) in [7, 11) is 3.21. The van der Waals surface area contributed by atoms with Crippen LogP contribution < -0.4 is 19.5 Å². The minimum absolute atomic E-state index is 0.472. The second-order valence-electron chi connectivity index (χ2n) is 6.70. The van der Waals surface area contributed by atoms with Crippen molar-refractivity contribution in [2.75, 3.05) is 19.5 Å². The van der Waals surface area contributed by atoms with Crippen molar-refractivity contribution in [1.82, 2.24) is 15.0 Å². The molecule has 0 bridgehead atoms. The summed E-state index contributed by atoms with van der Waals surface area (Å²) >= 11 is 0. The van der Waals surface area contributed by atoms with Crippen LogP contribution in [0.5, 0.6) is 17.2 Å². The molecule has 0 radical (unpaired) electrons. The number of nitrogens with zero attached hydrogens (tertiary/aromatic N) is 3. The van der Waals surface area contributed by atoms with Crippen LogP contribution in [0.2, 0.25) is 0 Å². The lowest BCUT2D eigenvalue weighted by molar-refractivity contribution is 0.303. The van der Waals surface area contributed by atoms with Crippen LogP contribution in [0.3, 0.4) is 0 Å². The standard InChI is InChI=1S/C23H22N4O3/c1-15-9-17(6-7-20(15)30-13-16-5-4-8-24-12-16)27-23-18-10-21(28-2)22(29-3)11-19(18)25-14-26-23/h4-12,14H,13H2,1-3H3,(H,25,26,27). The van der Waals surface area contributed by atoms with E-state index in [1.54, 1.807) is 26.6 Å². The molecule has 0 atom stereocenters. The van der Waals surface area contributed by atoms with Gasteiger partial charge in [0.25, 0.3) is 0 Å². The zero-order valence-electron chi connectivity index (χ0n) is 17.0. The average Bonchev–Trinajstić information content (AvgIpc) is 2.78. The van der Waals surface area contributed by atoms with Crippen molar-refractivity contribution in [1.29, 1.82) is 0 Å². The first kappa shape index (κ1) is 19.4. The molecule has 152 valence electrons. The number of methoxy groups -OCH3 is 2. The highest BCUT2D eigenvalue weighted by atomic mass is 16.5. The molecule has 1 N–H and O–H groups in total. The number of aromatic nitrogens is 3. The molecule has 2 aromatic carbocycles. The average molecular weight is 402 g/mol. The SMILES string of the molecule is COc1cc2ncnc(Nc3ccc(OCc4cccnc4)c(C)c3)c2cc1OC. The fourth-order valence-corrected chi connectivity index (χ4v) is 3.15. The van der Waals surface area contributed by atoms with Gasteiger partial charge in [0.1, 0.15) is 24.5 Å². The van der Waals surface area contributed by atoms with Gasteiger partial charge in [-0.05, 0) is 42.8 Å². The van der Waals surface area contributed by atoms with E-state index < -0.39 is 0 Å². The molecule has 0 aliphatic carbocycles. The van der Waals surface area contributed by atoms with Gasteiger partial charge in [0, 0.05) is 35.1 Å². The molecule has 0 fully saturated rings. The van der Waals surface area contributed by atoms with Gasteiger partial charge < -0.3 is 19.5 Å². The molecule has 0 aliphatic rings.